The van der Waals surface area contributed by atoms with E-state index < -0.39 is 11.5 Å². The normalized spacial score (nSPS) is 21.9. The van der Waals surface area contributed by atoms with Crippen LogP contribution in [0.1, 0.15) is 44.6 Å². The Morgan fingerprint density at radius 3 is 2.40 bits per heavy atom. The average molecular weight is 275 g/mol. The van der Waals surface area contributed by atoms with Gasteiger partial charge in [0.25, 0.3) is 0 Å². The molecule has 0 atom stereocenters. The Labute approximate surface area is 119 Å². The molecule has 4 heteroatoms. The van der Waals surface area contributed by atoms with Crippen molar-refractivity contribution in [3.63, 3.8) is 0 Å². The molecule has 1 aromatic carbocycles. The third-order valence-corrected chi connectivity index (χ3v) is 3.97. The zero-order valence-corrected chi connectivity index (χ0v) is 11.9. The number of aliphatic carboxylic acids is 1. The minimum atomic E-state index is -1.19. The highest BCUT2D eigenvalue weighted by atomic mass is 16.4. The molecule has 0 aliphatic heterocycles. The summed E-state index contributed by atoms with van der Waals surface area (Å²) in [6.45, 7) is 3.00. The summed E-state index contributed by atoms with van der Waals surface area (Å²) in [7, 11) is 0. The first-order valence-corrected chi connectivity index (χ1v) is 6.98. The zero-order chi connectivity index (χ0) is 14.8. The summed E-state index contributed by atoms with van der Waals surface area (Å²) in [4.78, 5) is 22.8. The predicted octanol–water partition coefficient (Wildman–Crippen LogP) is 2.55. The maximum Gasteiger partial charge on any atom is 0.328 e. The van der Waals surface area contributed by atoms with Gasteiger partial charge in [-0.05, 0) is 44.1 Å². The van der Waals surface area contributed by atoms with E-state index in [1.54, 1.807) is 0 Å². The topological polar surface area (TPSA) is 66.4 Å². The molecule has 0 aromatic heterocycles. The smallest absolute Gasteiger partial charge is 0.328 e. The molecule has 2 N–H and O–H groups in total. The van der Waals surface area contributed by atoms with E-state index in [-0.39, 0.29) is 5.91 Å². The Kier molecular flexibility index (Phi) is 4.12. The van der Waals surface area contributed by atoms with Crippen molar-refractivity contribution < 1.29 is 14.7 Å². The molecule has 0 saturated heterocycles. The van der Waals surface area contributed by atoms with Crippen molar-refractivity contribution in [3.05, 3.63) is 35.9 Å². The van der Waals surface area contributed by atoms with Crippen LogP contribution in [0.15, 0.2) is 30.3 Å². The van der Waals surface area contributed by atoms with Crippen LogP contribution in [0, 0.1) is 5.92 Å². The minimum Gasteiger partial charge on any atom is -0.480 e. The van der Waals surface area contributed by atoms with Crippen LogP contribution in [0.4, 0.5) is 0 Å². The lowest BCUT2D eigenvalue weighted by atomic mass is 9.70. The molecule has 0 radical (unpaired) electrons. The van der Waals surface area contributed by atoms with Crippen LogP contribution in [-0.2, 0) is 9.59 Å². The largest absolute Gasteiger partial charge is 0.480 e. The number of nitrogens with one attached hydrogen (secondary N) is 1. The molecule has 108 valence electrons. The van der Waals surface area contributed by atoms with Crippen molar-refractivity contribution in [2.75, 3.05) is 0 Å². The van der Waals surface area contributed by atoms with Crippen molar-refractivity contribution in [2.24, 2.45) is 5.92 Å². The SMILES string of the molecule is CC(C)(NC(=O)CC1CC(c2ccccc2)C1)C(=O)O. The second-order valence-corrected chi connectivity index (χ2v) is 6.13. The summed E-state index contributed by atoms with van der Waals surface area (Å²) < 4.78 is 0. The van der Waals surface area contributed by atoms with Crippen molar-refractivity contribution in [1.82, 2.24) is 5.32 Å². The maximum absolute atomic E-state index is 11.8. The molecular weight excluding hydrogens is 254 g/mol. The molecule has 1 aromatic rings. The molecule has 4 nitrogen and oxygen atoms in total. The molecule has 2 rings (SSSR count). The van der Waals surface area contributed by atoms with Gasteiger partial charge >= 0.3 is 5.97 Å². The van der Waals surface area contributed by atoms with Crippen LogP contribution < -0.4 is 5.32 Å². The number of carbonyl (C=O) groups is 2. The van der Waals surface area contributed by atoms with Gasteiger partial charge in [-0.25, -0.2) is 4.79 Å². The van der Waals surface area contributed by atoms with Crippen molar-refractivity contribution in [3.8, 4) is 0 Å². The first-order valence-electron chi connectivity index (χ1n) is 6.98. The molecule has 1 aliphatic rings. The number of hydrogen-bond acceptors (Lipinski definition) is 2. The van der Waals surface area contributed by atoms with Gasteiger partial charge in [0.15, 0.2) is 0 Å². The minimum absolute atomic E-state index is 0.172. The molecule has 0 heterocycles. The van der Waals surface area contributed by atoms with Gasteiger partial charge in [0.2, 0.25) is 5.91 Å². The van der Waals surface area contributed by atoms with E-state index >= 15 is 0 Å². The molecule has 0 spiro atoms. The number of amides is 1. The van der Waals surface area contributed by atoms with Crippen molar-refractivity contribution >= 4 is 11.9 Å². The van der Waals surface area contributed by atoms with E-state index in [4.69, 9.17) is 5.11 Å². The summed E-state index contributed by atoms with van der Waals surface area (Å²) in [6.07, 6.45) is 2.43. The summed E-state index contributed by atoms with van der Waals surface area (Å²) in [5, 5.41) is 11.5. The average Bonchev–Trinajstić information content (AvgIpc) is 2.33. The molecular formula is C16H21NO3. The number of carboxylic acids is 1. The van der Waals surface area contributed by atoms with Gasteiger partial charge in [0.05, 0.1) is 0 Å². The fourth-order valence-electron chi connectivity index (χ4n) is 2.61. The summed E-state index contributed by atoms with van der Waals surface area (Å²) in [6, 6.07) is 10.3. The Morgan fingerprint density at radius 1 is 1.25 bits per heavy atom. The highest BCUT2D eigenvalue weighted by Crippen LogP contribution is 2.43. The molecule has 20 heavy (non-hydrogen) atoms. The first kappa shape index (κ1) is 14.6. The van der Waals surface area contributed by atoms with E-state index in [1.165, 1.54) is 19.4 Å². The summed E-state index contributed by atoms with van der Waals surface area (Å²) >= 11 is 0. The fraction of sp³-hybridized carbons (Fsp3) is 0.500. The van der Waals surface area contributed by atoms with Gasteiger partial charge in [-0.2, -0.15) is 0 Å². The van der Waals surface area contributed by atoms with Gasteiger partial charge in [0.1, 0.15) is 5.54 Å². The van der Waals surface area contributed by atoms with Crippen molar-refractivity contribution in [2.45, 2.75) is 44.6 Å². The van der Waals surface area contributed by atoms with E-state index in [2.05, 4.69) is 17.4 Å². The van der Waals surface area contributed by atoms with E-state index in [0.29, 0.717) is 18.3 Å². The quantitative estimate of drug-likeness (QED) is 0.868. The van der Waals surface area contributed by atoms with Gasteiger partial charge in [-0.3, -0.25) is 4.79 Å². The lowest BCUT2D eigenvalue weighted by Crippen LogP contribution is -2.50. The molecule has 1 fully saturated rings. The Morgan fingerprint density at radius 2 is 1.85 bits per heavy atom. The number of carboxylic acid groups (broad SMARTS) is 1. The maximum atomic E-state index is 11.8. The van der Waals surface area contributed by atoms with Crippen LogP contribution in [0.3, 0.4) is 0 Å². The molecule has 0 bridgehead atoms. The molecule has 1 amide bonds. The monoisotopic (exact) mass is 275 g/mol. The lowest BCUT2D eigenvalue weighted by Gasteiger charge is -2.36. The summed E-state index contributed by atoms with van der Waals surface area (Å²) in [5.74, 6) is -0.276. The second-order valence-electron chi connectivity index (χ2n) is 6.13. The van der Waals surface area contributed by atoms with Crippen LogP contribution >= 0.6 is 0 Å². The van der Waals surface area contributed by atoms with Gasteiger partial charge in [-0.1, -0.05) is 30.3 Å². The molecule has 1 saturated carbocycles. The van der Waals surface area contributed by atoms with Crippen LogP contribution in [0.5, 0.6) is 0 Å². The third-order valence-electron chi connectivity index (χ3n) is 3.97. The van der Waals surface area contributed by atoms with Gasteiger partial charge < -0.3 is 10.4 Å². The number of benzene rings is 1. The predicted molar refractivity (Wildman–Crippen MR) is 76.4 cm³/mol. The highest BCUT2D eigenvalue weighted by molar-refractivity contribution is 5.86. The Bertz CT molecular complexity index is 490. The number of hydrogen-bond donors (Lipinski definition) is 2. The van der Waals surface area contributed by atoms with Crippen LogP contribution in [0.25, 0.3) is 0 Å². The van der Waals surface area contributed by atoms with E-state index in [9.17, 15) is 9.59 Å². The van der Waals surface area contributed by atoms with E-state index in [1.807, 2.05) is 18.2 Å². The first-order chi connectivity index (χ1) is 9.38. The number of rotatable bonds is 5. The summed E-state index contributed by atoms with van der Waals surface area (Å²) in [5.41, 5.74) is 0.134. The number of carbonyl (C=O) groups excluding carboxylic acids is 1. The standard InChI is InChI=1S/C16H21NO3/c1-16(2,15(19)20)17-14(18)10-11-8-13(9-11)12-6-4-3-5-7-12/h3-7,11,13H,8-10H2,1-2H3,(H,17,18)(H,19,20). The van der Waals surface area contributed by atoms with Gasteiger partial charge in [-0.15, -0.1) is 0 Å². The molecule has 0 unspecified atom stereocenters. The van der Waals surface area contributed by atoms with Gasteiger partial charge in [0, 0.05) is 6.42 Å². The fourth-order valence-corrected chi connectivity index (χ4v) is 2.61. The van der Waals surface area contributed by atoms with Crippen LogP contribution in [0.2, 0.25) is 0 Å². The third kappa shape index (κ3) is 3.38. The zero-order valence-electron chi connectivity index (χ0n) is 11.9. The lowest BCUT2D eigenvalue weighted by molar-refractivity contribution is -0.146. The molecule has 1 aliphatic carbocycles. The van der Waals surface area contributed by atoms with Crippen molar-refractivity contribution in [1.29, 1.82) is 0 Å². The Balaban J connectivity index is 1.77. The highest BCUT2D eigenvalue weighted by Gasteiger charge is 2.34. The van der Waals surface area contributed by atoms with E-state index in [0.717, 1.165) is 12.8 Å². The van der Waals surface area contributed by atoms with Crippen LogP contribution in [-0.4, -0.2) is 22.5 Å². The second kappa shape index (κ2) is 5.65. The Hall–Kier alpha value is -1.84.